The summed E-state index contributed by atoms with van der Waals surface area (Å²) < 4.78 is 5.73. The molecule has 0 bridgehead atoms. The Labute approximate surface area is 102 Å². The minimum Gasteiger partial charge on any atom is -0.396 e. The number of ether oxygens (including phenoxy) is 1. The summed E-state index contributed by atoms with van der Waals surface area (Å²) in [7, 11) is 0. The van der Waals surface area contributed by atoms with Gasteiger partial charge in [-0.2, -0.15) is 0 Å². The zero-order chi connectivity index (χ0) is 12.3. The van der Waals surface area contributed by atoms with Crippen molar-refractivity contribution in [2.75, 3.05) is 36.1 Å². The topological polar surface area (TPSA) is 77.4 Å². The third-order valence-electron chi connectivity index (χ3n) is 3.07. The van der Waals surface area contributed by atoms with Gasteiger partial charge in [-0.3, -0.25) is 0 Å². The van der Waals surface area contributed by atoms with Crippen LogP contribution in [-0.4, -0.2) is 30.8 Å². The molecule has 0 aliphatic carbocycles. The quantitative estimate of drug-likeness (QED) is 0.808. The highest BCUT2D eigenvalue weighted by atomic mass is 16.5. The molecule has 1 aliphatic heterocycles. The Bertz CT molecular complexity index is 383. The maximum Gasteiger partial charge on any atom is 0.149 e. The summed E-state index contributed by atoms with van der Waals surface area (Å²) in [5.41, 5.74) is 11.9. The molecule has 2 heterocycles. The van der Waals surface area contributed by atoms with Crippen LogP contribution in [0.5, 0.6) is 0 Å². The minimum absolute atomic E-state index is 0.276. The standard InChI is InChI=1S/C12H20N4O/c1-2-9-8-16(6-3-7-17-9)11-5-4-10(13)12(14)15-11/h4-5,9H,2-3,6-8,13H2,1H3,(H2,14,15). The van der Waals surface area contributed by atoms with Gasteiger partial charge in [0.05, 0.1) is 11.8 Å². The minimum atomic E-state index is 0.276. The molecule has 1 aliphatic rings. The van der Waals surface area contributed by atoms with Crippen LogP contribution in [0.4, 0.5) is 17.3 Å². The second kappa shape index (κ2) is 5.23. The van der Waals surface area contributed by atoms with Crippen molar-refractivity contribution in [2.45, 2.75) is 25.9 Å². The van der Waals surface area contributed by atoms with Crippen molar-refractivity contribution < 1.29 is 4.74 Å². The number of nitrogens with two attached hydrogens (primary N) is 2. The smallest absolute Gasteiger partial charge is 0.149 e. The average molecular weight is 236 g/mol. The van der Waals surface area contributed by atoms with Crippen LogP contribution in [0.15, 0.2) is 12.1 Å². The Balaban J connectivity index is 2.16. The molecule has 1 unspecified atom stereocenters. The molecule has 1 aromatic rings. The lowest BCUT2D eigenvalue weighted by Gasteiger charge is -2.24. The van der Waals surface area contributed by atoms with Crippen LogP contribution in [-0.2, 0) is 4.74 Å². The number of nitrogens with zero attached hydrogens (tertiary/aromatic N) is 2. The first-order chi connectivity index (χ1) is 8.20. The lowest BCUT2D eigenvalue weighted by Crippen LogP contribution is -2.32. The van der Waals surface area contributed by atoms with Crippen molar-refractivity contribution >= 4 is 17.3 Å². The van der Waals surface area contributed by atoms with Crippen molar-refractivity contribution in [1.29, 1.82) is 0 Å². The number of rotatable bonds is 2. The van der Waals surface area contributed by atoms with E-state index in [-0.39, 0.29) is 6.10 Å². The predicted molar refractivity (Wildman–Crippen MR) is 69.9 cm³/mol. The number of hydrogen-bond donors (Lipinski definition) is 2. The third kappa shape index (κ3) is 2.79. The molecule has 1 atom stereocenters. The summed E-state index contributed by atoms with van der Waals surface area (Å²) >= 11 is 0. The van der Waals surface area contributed by atoms with Crippen LogP contribution >= 0.6 is 0 Å². The summed E-state index contributed by atoms with van der Waals surface area (Å²) in [4.78, 5) is 6.55. The van der Waals surface area contributed by atoms with Crippen LogP contribution in [0, 0.1) is 0 Å². The highest BCUT2D eigenvalue weighted by molar-refractivity contribution is 5.62. The van der Waals surface area contributed by atoms with E-state index in [1.165, 1.54) is 0 Å². The summed E-state index contributed by atoms with van der Waals surface area (Å²) in [6.07, 6.45) is 2.31. The van der Waals surface area contributed by atoms with Gasteiger partial charge in [-0.25, -0.2) is 4.98 Å². The van der Waals surface area contributed by atoms with E-state index in [1.54, 1.807) is 0 Å². The SMILES string of the molecule is CCC1CN(c2ccc(N)c(N)n2)CCCO1. The van der Waals surface area contributed by atoms with Crippen molar-refractivity contribution in [3.8, 4) is 0 Å². The number of anilines is 3. The van der Waals surface area contributed by atoms with E-state index in [4.69, 9.17) is 16.2 Å². The van der Waals surface area contributed by atoms with Crippen LogP contribution in [0.2, 0.25) is 0 Å². The molecule has 2 rings (SSSR count). The van der Waals surface area contributed by atoms with E-state index in [1.807, 2.05) is 12.1 Å². The number of aromatic nitrogens is 1. The van der Waals surface area contributed by atoms with Gasteiger partial charge in [-0.1, -0.05) is 6.92 Å². The zero-order valence-corrected chi connectivity index (χ0v) is 10.2. The van der Waals surface area contributed by atoms with Gasteiger partial charge in [0.15, 0.2) is 0 Å². The van der Waals surface area contributed by atoms with E-state index in [9.17, 15) is 0 Å². The van der Waals surface area contributed by atoms with E-state index in [2.05, 4.69) is 16.8 Å². The summed E-state index contributed by atoms with van der Waals surface area (Å²) in [6.45, 7) is 4.78. The molecular formula is C12H20N4O. The van der Waals surface area contributed by atoms with Gasteiger partial charge in [0.1, 0.15) is 11.6 Å². The lowest BCUT2D eigenvalue weighted by molar-refractivity contribution is 0.0664. The molecule has 0 spiro atoms. The molecule has 0 radical (unpaired) electrons. The first-order valence-electron chi connectivity index (χ1n) is 6.09. The Hall–Kier alpha value is -1.49. The summed E-state index contributed by atoms with van der Waals surface area (Å²) in [5.74, 6) is 1.29. The fourth-order valence-electron chi connectivity index (χ4n) is 2.00. The van der Waals surface area contributed by atoms with Crippen LogP contribution in [0.1, 0.15) is 19.8 Å². The van der Waals surface area contributed by atoms with E-state index in [0.717, 1.165) is 38.4 Å². The zero-order valence-electron chi connectivity index (χ0n) is 10.2. The van der Waals surface area contributed by atoms with Gasteiger partial charge in [0.2, 0.25) is 0 Å². The molecule has 4 N–H and O–H groups in total. The second-order valence-electron chi connectivity index (χ2n) is 4.34. The van der Waals surface area contributed by atoms with Crippen LogP contribution < -0.4 is 16.4 Å². The molecule has 0 saturated carbocycles. The predicted octanol–water partition coefficient (Wildman–Crippen LogP) is 1.25. The fraction of sp³-hybridized carbons (Fsp3) is 0.583. The molecule has 1 aromatic heterocycles. The van der Waals surface area contributed by atoms with Crippen molar-refractivity contribution in [1.82, 2.24) is 4.98 Å². The first kappa shape index (κ1) is 12.0. The molecule has 1 saturated heterocycles. The summed E-state index contributed by atoms with van der Waals surface area (Å²) in [6, 6.07) is 3.73. The molecule has 1 fully saturated rings. The Morgan fingerprint density at radius 2 is 2.29 bits per heavy atom. The lowest BCUT2D eigenvalue weighted by atomic mass is 10.2. The first-order valence-corrected chi connectivity index (χ1v) is 6.09. The molecule has 5 nitrogen and oxygen atoms in total. The fourth-order valence-corrected chi connectivity index (χ4v) is 2.00. The maximum absolute atomic E-state index is 5.74. The summed E-state index contributed by atoms with van der Waals surface area (Å²) in [5, 5.41) is 0. The maximum atomic E-state index is 5.74. The molecule has 17 heavy (non-hydrogen) atoms. The van der Waals surface area contributed by atoms with Gasteiger partial charge >= 0.3 is 0 Å². The van der Waals surface area contributed by atoms with Gasteiger partial charge < -0.3 is 21.1 Å². The Morgan fingerprint density at radius 1 is 1.47 bits per heavy atom. The van der Waals surface area contributed by atoms with Crippen molar-refractivity contribution in [3.05, 3.63) is 12.1 Å². The van der Waals surface area contributed by atoms with Gasteiger partial charge in [-0.05, 0) is 25.0 Å². The van der Waals surface area contributed by atoms with E-state index < -0.39 is 0 Å². The average Bonchev–Trinajstić information content (AvgIpc) is 2.58. The number of pyridine rings is 1. The normalized spacial score (nSPS) is 21.2. The molecule has 0 amide bonds. The van der Waals surface area contributed by atoms with Crippen LogP contribution in [0.25, 0.3) is 0 Å². The van der Waals surface area contributed by atoms with Crippen LogP contribution in [0.3, 0.4) is 0 Å². The monoisotopic (exact) mass is 236 g/mol. The van der Waals surface area contributed by atoms with Gasteiger partial charge in [0, 0.05) is 19.7 Å². The Morgan fingerprint density at radius 3 is 3.00 bits per heavy atom. The van der Waals surface area contributed by atoms with Gasteiger partial charge in [-0.15, -0.1) is 0 Å². The molecule has 0 aromatic carbocycles. The van der Waals surface area contributed by atoms with Gasteiger partial charge in [0.25, 0.3) is 0 Å². The second-order valence-corrected chi connectivity index (χ2v) is 4.34. The highest BCUT2D eigenvalue weighted by Gasteiger charge is 2.18. The van der Waals surface area contributed by atoms with Crippen molar-refractivity contribution in [2.24, 2.45) is 0 Å². The van der Waals surface area contributed by atoms with Crippen molar-refractivity contribution in [3.63, 3.8) is 0 Å². The molecule has 5 heteroatoms. The number of nitrogen functional groups attached to an aromatic ring is 2. The molecular weight excluding hydrogens is 216 g/mol. The van der Waals surface area contributed by atoms with E-state index in [0.29, 0.717) is 11.5 Å². The number of hydrogen-bond acceptors (Lipinski definition) is 5. The largest absolute Gasteiger partial charge is 0.396 e. The Kier molecular flexibility index (Phi) is 3.68. The third-order valence-corrected chi connectivity index (χ3v) is 3.07. The van der Waals surface area contributed by atoms with E-state index >= 15 is 0 Å². The highest BCUT2D eigenvalue weighted by Crippen LogP contribution is 2.21. The molecule has 94 valence electrons.